The molecule has 0 aliphatic heterocycles. The normalized spacial score (nSPS) is 13.6. The summed E-state index contributed by atoms with van der Waals surface area (Å²) in [7, 11) is 0. The average molecular weight is 700 g/mol. The first-order valence-electron chi connectivity index (χ1n) is 19.0. The maximum absolute atomic E-state index is 6.44. The molecule has 1 atom stereocenters. The van der Waals surface area contributed by atoms with E-state index in [0.29, 0.717) is 0 Å². The van der Waals surface area contributed by atoms with Gasteiger partial charge >= 0.3 is 0 Å². The second kappa shape index (κ2) is 11.7. The molecule has 55 heavy (non-hydrogen) atoms. The molecule has 0 N–H and O–H groups in total. The molecule has 1 aliphatic rings. The van der Waals surface area contributed by atoms with Gasteiger partial charge in [-0.2, -0.15) is 0 Å². The lowest BCUT2D eigenvalue weighted by molar-refractivity contribution is 0.669. The second-order valence-corrected chi connectivity index (χ2v) is 14.9. The summed E-state index contributed by atoms with van der Waals surface area (Å²) < 4.78 is 8.84. The molecule has 0 amide bonds. The van der Waals surface area contributed by atoms with Crippen molar-refractivity contribution in [1.82, 2.24) is 4.57 Å². The molecular formula is C53H33NO. The number of rotatable bonds is 4. The van der Waals surface area contributed by atoms with E-state index in [0.717, 1.165) is 33.1 Å². The van der Waals surface area contributed by atoms with Crippen LogP contribution in [0.15, 0.2) is 199 Å². The molecule has 2 aromatic heterocycles. The molecule has 11 aromatic rings. The van der Waals surface area contributed by atoms with Crippen molar-refractivity contribution in [2.24, 2.45) is 0 Å². The Morgan fingerprint density at radius 2 is 1.05 bits per heavy atom. The molecule has 0 radical (unpaired) electrons. The van der Waals surface area contributed by atoms with E-state index in [-0.39, 0.29) is 5.92 Å². The Bertz CT molecular complexity index is 3310. The fourth-order valence-corrected chi connectivity index (χ4v) is 9.25. The van der Waals surface area contributed by atoms with Crippen LogP contribution < -0.4 is 0 Å². The van der Waals surface area contributed by atoms with E-state index in [9.17, 15) is 0 Å². The summed E-state index contributed by atoms with van der Waals surface area (Å²) in [5.41, 5.74) is 16.9. The Labute approximate surface area is 318 Å². The van der Waals surface area contributed by atoms with Crippen molar-refractivity contribution in [2.45, 2.75) is 5.92 Å². The lowest BCUT2D eigenvalue weighted by atomic mass is 9.88. The maximum Gasteiger partial charge on any atom is 0.137 e. The molecule has 0 spiro atoms. The maximum atomic E-state index is 6.44. The molecule has 12 rings (SSSR count). The largest absolute Gasteiger partial charge is 0.456 e. The van der Waals surface area contributed by atoms with E-state index in [4.69, 9.17) is 4.42 Å². The number of hydrogen-bond acceptors (Lipinski definition) is 1. The third-order valence-corrected chi connectivity index (χ3v) is 11.9. The van der Waals surface area contributed by atoms with Gasteiger partial charge in [-0.05, 0) is 103 Å². The molecule has 1 aliphatic carbocycles. The van der Waals surface area contributed by atoms with Crippen LogP contribution in [0.25, 0.3) is 93.6 Å². The predicted molar refractivity (Wildman–Crippen MR) is 229 cm³/mol. The van der Waals surface area contributed by atoms with Gasteiger partial charge in [0.2, 0.25) is 0 Å². The summed E-state index contributed by atoms with van der Waals surface area (Å²) in [5, 5.41) is 7.19. The molecule has 2 nitrogen and oxygen atoms in total. The third-order valence-electron chi connectivity index (χ3n) is 11.9. The molecule has 0 fully saturated rings. The molecule has 1 unspecified atom stereocenters. The van der Waals surface area contributed by atoms with Crippen LogP contribution in [0, 0.1) is 0 Å². The number of aromatic nitrogens is 1. The van der Waals surface area contributed by atoms with Crippen molar-refractivity contribution in [3.05, 3.63) is 211 Å². The fourth-order valence-electron chi connectivity index (χ4n) is 9.25. The summed E-state index contributed by atoms with van der Waals surface area (Å²) in [6, 6.07) is 71.1. The molecule has 2 heteroatoms. The summed E-state index contributed by atoms with van der Waals surface area (Å²) in [6.07, 6.45) is 0. The van der Waals surface area contributed by atoms with Crippen LogP contribution >= 0.6 is 0 Å². The number of furan rings is 1. The Morgan fingerprint density at radius 1 is 0.364 bits per heavy atom. The summed E-state index contributed by atoms with van der Waals surface area (Å²) >= 11 is 0. The highest BCUT2D eigenvalue weighted by molar-refractivity contribution is 6.18. The SMILES string of the molecule is c1ccc(-c2ccc(C3c4ccccc4-c4cc(-c5ccc6c(c5)c5cc7c(cc5n6-c5ccc6ccccc6c5)oc5ccccc57)ccc43)cc2)cc1. The van der Waals surface area contributed by atoms with Gasteiger partial charge in [-0.25, -0.2) is 0 Å². The zero-order valence-electron chi connectivity index (χ0n) is 29.9. The van der Waals surface area contributed by atoms with E-state index in [1.165, 1.54) is 77.1 Å². The van der Waals surface area contributed by atoms with Gasteiger partial charge in [-0.3, -0.25) is 0 Å². The first-order valence-corrected chi connectivity index (χ1v) is 19.0. The van der Waals surface area contributed by atoms with E-state index in [1.54, 1.807) is 0 Å². The van der Waals surface area contributed by atoms with E-state index < -0.39 is 0 Å². The highest BCUT2D eigenvalue weighted by atomic mass is 16.3. The fraction of sp³-hybridized carbons (Fsp3) is 0.0189. The van der Waals surface area contributed by atoms with E-state index >= 15 is 0 Å². The molecule has 9 aromatic carbocycles. The second-order valence-electron chi connectivity index (χ2n) is 14.9. The van der Waals surface area contributed by atoms with Crippen molar-refractivity contribution < 1.29 is 4.42 Å². The zero-order valence-corrected chi connectivity index (χ0v) is 29.9. The highest BCUT2D eigenvalue weighted by Crippen LogP contribution is 2.49. The lowest BCUT2D eigenvalue weighted by Crippen LogP contribution is -1.99. The number of benzene rings is 9. The Balaban J connectivity index is 1.03. The van der Waals surface area contributed by atoms with Gasteiger partial charge in [-0.15, -0.1) is 0 Å². The average Bonchev–Trinajstić information content (AvgIpc) is 3.89. The van der Waals surface area contributed by atoms with Crippen LogP contribution in [0.3, 0.4) is 0 Å². The molecular weight excluding hydrogens is 667 g/mol. The van der Waals surface area contributed by atoms with Crippen molar-refractivity contribution in [3.63, 3.8) is 0 Å². The number of hydrogen-bond donors (Lipinski definition) is 0. The van der Waals surface area contributed by atoms with Gasteiger partial charge in [0.05, 0.1) is 11.0 Å². The van der Waals surface area contributed by atoms with E-state index in [1.807, 2.05) is 6.07 Å². The molecule has 0 bridgehead atoms. The first kappa shape index (κ1) is 30.3. The molecule has 0 saturated carbocycles. The van der Waals surface area contributed by atoms with Crippen molar-refractivity contribution >= 4 is 54.5 Å². The monoisotopic (exact) mass is 699 g/mol. The Kier molecular flexibility index (Phi) is 6.43. The molecule has 0 saturated heterocycles. The topological polar surface area (TPSA) is 18.1 Å². The van der Waals surface area contributed by atoms with Crippen molar-refractivity contribution in [3.8, 4) is 39.1 Å². The minimum Gasteiger partial charge on any atom is -0.456 e. The van der Waals surface area contributed by atoms with Crippen LogP contribution in [0.1, 0.15) is 22.6 Å². The molecule has 2 heterocycles. The smallest absolute Gasteiger partial charge is 0.137 e. The summed E-state index contributed by atoms with van der Waals surface area (Å²) in [4.78, 5) is 0. The number of nitrogens with zero attached hydrogens (tertiary/aromatic N) is 1. The first-order chi connectivity index (χ1) is 27.2. The van der Waals surface area contributed by atoms with Gasteiger partial charge in [0.15, 0.2) is 0 Å². The standard InChI is InChI=1S/C53H33NO/c1-2-10-33(11-3-1)35-18-20-36(21-19-35)53-43-16-7-6-14-41(43)45-29-38(23-26-44(45)53)39-24-27-49-46(30-39)47-31-48-42-15-8-9-17-51(42)55-52(48)32-50(47)54(49)40-25-22-34-12-4-5-13-37(34)28-40/h1-32,53H. The minimum atomic E-state index is 0.194. The van der Waals surface area contributed by atoms with Crippen LogP contribution in [0.2, 0.25) is 0 Å². The van der Waals surface area contributed by atoms with Gasteiger partial charge in [-0.1, -0.05) is 146 Å². The van der Waals surface area contributed by atoms with Crippen molar-refractivity contribution in [1.29, 1.82) is 0 Å². The summed E-state index contributed by atoms with van der Waals surface area (Å²) in [6.45, 7) is 0. The van der Waals surface area contributed by atoms with Crippen LogP contribution in [-0.2, 0) is 0 Å². The van der Waals surface area contributed by atoms with Crippen LogP contribution in [0.4, 0.5) is 0 Å². The summed E-state index contributed by atoms with van der Waals surface area (Å²) in [5.74, 6) is 0.194. The Hall–Kier alpha value is -7.16. The third kappa shape index (κ3) is 4.62. The number of para-hydroxylation sites is 1. The lowest BCUT2D eigenvalue weighted by Gasteiger charge is -2.15. The van der Waals surface area contributed by atoms with Gasteiger partial charge in [0.1, 0.15) is 11.2 Å². The molecule has 256 valence electrons. The number of fused-ring (bicyclic) bond motifs is 10. The highest BCUT2D eigenvalue weighted by Gasteiger charge is 2.30. The zero-order chi connectivity index (χ0) is 36.0. The van der Waals surface area contributed by atoms with Gasteiger partial charge < -0.3 is 8.98 Å². The van der Waals surface area contributed by atoms with Crippen molar-refractivity contribution in [2.75, 3.05) is 0 Å². The van der Waals surface area contributed by atoms with Gasteiger partial charge in [0.25, 0.3) is 0 Å². The predicted octanol–water partition coefficient (Wildman–Crippen LogP) is 14.3. The van der Waals surface area contributed by atoms with Gasteiger partial charge in [0, 0.05) is 39.2 Å². The van der Waals surface area contributed by atoms with E-state index in [2.05, 4.69) is 193 Å². The quantitative estimate of drug-likeness (QED) is 0.179. The van der Waals surface area contributed by atoms with Crippen LogP contribution in [0.5, 0.6) is 0 Å². The van der Waals surface area contributed by atoms with Crippen LogP contribution in [-0.4, -0.2) is 4.57 Å². The minimum absolute atomic E-state index is 0.194. The Morgan fingerprint density at radius 3 is 1.96 bits per heavy atom.